The van der Waals surface area contributed by atoms with Crippen molar-refractivity contribution in [2.24, 2.45) is 0 Å². The number of anilines is 1. The monoisotopic (exact) mass is 364 g/mol. The second-order valence-corrected chi connectivity index (χ2v) is 7.36. The first kappa shape index (κ1) is 16.9. The molecule has 2 aromatic carbocycles. The summed E-state index contributed by atoms with van der Waals surface area (Å²) in [5, 5.41) is 3.84. The summed E-state index contributed by atoms with van der Waals surface area (Å²) in [7, 11) is 0. The summed E-state index contributed by atoms with van der Waals surface area (Å²) in [4.78, 5) is 12.7. The predicted molar refractivity (Wildman–Crippen MR) is 96.8 cm³/mol. The number of nitrogens with two attached hydrogens (primary N) is 1. The number of benzene rings is 2. The van der Waals surface area contributed by atoms with Crippen molar-refractivity contribution in [3.8, 4) is 5.75 Å². The molecule has 0 fully saturated rings. The molecule has 3 N–H and O–H groups in total. The molecule has 0 bridgehead atoms. The Balaban J connectivity index is 1.93. The van der Waals surface area contributed by atoms with E-state index >= 15 is 0 Å². The number of nitrogen functional groups attached to an aromatic ring is 1. The Morgan fingerprint density at radius 3 is 2.75 bits per heavy atom. The van der Waals surface area contributed by atoms with Crippen LogP contribution < -0.4 is 15.8 Å². The highest BCUT2D eigenvalue weighted by Crippen LogP contribution is 2.40. The Labute approximate surface area is 150 Å². The molecule has 0 radical (unpaired) electrons. The molecular weight excluding hydrogens is 347 g/mol. The van der Waals surface area contributed by atoms with Crippen molar-refractivity contribution < 1.29 is 9.53 Å². The van der Waals surface area contributed by atoms with Crippen LogP contribution in [0.5, 0.6) is 5.75 Å². The predicted octanol–water partition coefficient (Wildman–Crippen LogP) is 4.61. The van der Waals surface area contributed by atoms with Gasteiger partial charge in [-0.25, -0.2) is 0 Å². The average molecular weight is 365 g/mol. The molecule has 1 aliphatic heterocycles. The summed E-state index contributed by atoms with van der Waals surface area (Å²) >= 11 is 12.1. The number of rotatable bonds is 2. The van der Waals surface area contributed by atoms with Gasteiger partial charge in [-0.05, 0) is 50.2 Å². The molecule has 0 aliphatic carbocycles. The average Bonchev–Trinajstić information content (AvgIpc) is 2.49. The van der Waals surface area contributed by atoms with E-state index in [2.05, 4.69) is 5.32 Å². The van der Waals surface area contributed by atoms with E-state index < -0.39 is 5.60 Å². The molecule has 126 valence electrons. The van der Waals surface area contributed by atoms with Crippen molar-refractivity contribution in [3.05, 3.63) is 57.6 Å². The second kappa shape index (κ2) is 6.19. The van der Waals surface area contributed by atoms with Gasteiger partial charge in [-0.1, -0.05) is 23.2 Å². The van der Waals surface area contributed by atoms with Crippen LogP contribution in [0.1, 0.15) is 42.2 Å². The fraction of sp³-hybridized carbons (Fsp3) is 0.278. The van der Waals surface area contributed by atoms with Crippen LogP contribution in [0.2, 0.25) is 10.0 Å². The fourth-order valence-electron chi connectivity index (χ4n) is 2.91. The highest BCUT2D eigenvalue weighted by Gasteiger charge is 2.35. The zero-order valence-electron chi connectivity index (χ0n) is 13.4. The molecule has 1 heterocycles. The zero-order valence-corrected chi connectivity index (χ0v) is 14.9. The molecule has 1 unspecified atom stereocenters. The van der Waals surface area contributed by atoms with Crippen LogP contribution in [0, 0.1) is 0 Å². The molecular formula is C18H18Cl2N2O2. The Morgan fingerprint density at radius 2 is 2.00 bits per heavy atom. The van der Waals surface area contributed by atoms with Gasteiger partial charge < -0.3 is 15.8 Å². The van der Waals surface area contributed by atoms with Crippen LogP contribution in [-0.4, -0.2) is 11.5 Å². The summed E-state index contributed by atoms with van der Waals surface area (Å²) < 4.78 is 5.98. The van der Waals surface area contributed by atoms with E-state index in [0.29, 0.717) is 27.7 Å². The van der Waals surface area contributed by atoms with Crippen molar-refractivity contribution in [1.29, 1.82) is 0 Å². The third kappa shape index (κ3) is 3.45. The van der Waals surface area contributed by atoms with Crippen LogP contribution in [-0.2, 0) is 0 Å². The lowest BCUT2D eigenvalue weighted by Gasteiger charge is -2.38. The molecule has 24 heavy (non-hydrogen) atoms. The molecule has 1 amide bonds. The summed E-state index contributed by atoms with van der Waals surface area (Å²) in [5.74, 6) is 0.446. The van der Waals surface area contributed by atoms with Gasteiger partial charge >= 0.3 is 0 Å². The van der Waals surface area contributed by atoms with Crippen molar-refractivity contribution in [2.75, 3.05) is 5.73 Å². The largest absolute Gasteiger partial charge is 0.487 e. The first-order valence-electron chi connectivity index (χ1n) is 7.59. The number of hydrogen-bond donors (Lipinski definition) is 2. The third-order valence-corrected chi connectivity index (χ3v) is 4.53. The van der Waals surface area contributed by atoms with Gasteiger partial charge in [-0.3, -0.25) is 4.79 Å². The van der Waals surface area contributed by atoms with Gasteiger partial charge in [0.2, 0.25) is 0 Å². The quantitative estimate of drug-likeness (QED) is 0.764. The molecule has 4 nitrogen and oxygen atoms in total. The Hall–Kier alpha value is -1.91. The zero-order chi connectivity index (χ0) is 17.5. The number of ether oxygens (including phenoxy) is 1. The van der Waals surface area contributed by atoms with Crippen molar-refractivity contribution >= 4 is 34.8 Å². The topological polar surface area (TPSA) is 64.4 Å². The summed E-state index contributed by atoms with van der Waals surface area (Å²) in [6, 6.07) is 10.0. The maximum absolute atomic E-state index is 12.7. The van der Waals surface area contributed by atoms with E-state index in [0.717, 1.165) is 11.3 Å². The lowest BCUT2D eigenvalue weighted by molar-refractivity contribution is 0.0620. The molecule has 2 aromatic rings. The minimum Gasteiger partial charge on any atom is -0.487 e. The number of amides is 1. The van der Waals surface area contributed by atoms with Crippen molar-refractivity contribution in [1.82, 2.24) is 5.32 Å². The van der Waals surface area contributed by atoms with Gasteiger partial charge in [0, 0.05) is 22.7 Å². The van der Waals surface area contributed by atoms with E-state index in [1.54, 1.807) is 24.3 Å². The Bertz CT molecular complexity index is 806. The maximum Gasteiger partial charge on any atom is 0.253 e. The number of fused-ring (bicyclic) bond motifs is 1. The smallest absolute Gasteiger partial charge is 0.253 e. The van der Waals surface area contributed by atoms with Crippen LogP contribution in [0.15, 0.2) is 36.4 Å². The minimum atomic E-state index is -0.404. The molecule has 6 heteroatoms. The van der Waals surface area contributed by atoms with Gasteiger partial charge in [0.05, 0.1) is 16.6 Å². The van der Waals surface area contributed by atoms with E-state index in [4.69, 9.17) is 33.7 Å². The SMILES string of the molecule is CC1(C)CC(NC(=O)c2cc(Cl)ccc2Cl)c2cc(N)ccc2O1. The highest BCUT2D eigenvalue weighted by atomic mass is 35.5. The van der Waals surface area contributed by atoms with Crippen LogP contribution in [0.3, 0.4) is 0 Å². The highest BCUT2D eigenvalue weighted by molar-refractivity contribution is 6.35. The first-order valence-corrected chi connectivity index (χ1v) is 8.35. The van der Waals surface area contributed by atoms with Gasteiger partial charge in [-0.15, -0.1) is 0 Å². The Morgan fingerprint density at radius 1 is 1.25 bits per heavy atom. The maximum atomic E-state index is 12.7. The number of carbonyl (C=O) groups is 1. The van der Waals surface area contributed by atoms with Crippen LogP contribution >= 0.6 is 23.2 Å². The molecule has 0 aromatic heterocycles. The number of hydrogen-bond acceptors (Lipinski definition) is 3. The van der Waals surface area contributed by atoms with Crippen LogP contribution in [0.4, 0.5) is 5.69 Å². The molecule has 0 saturated heterocycles. The Kier molecular flexibility index (Phi) is 4.37. The number of nitrogens with one attached hydrogen (secondary N) is 1. The van der Waals surface area contributed by atoms with Gasteiger partial charge in [-0.2, -0.15) is 0 Å². The van der Waals surface area contributed by atoms with E-state index in [1.165, 1.54) is 0 Å². The molecule has 1 atom stereocenters. The molecule has 3 rings (SSSR count). The van der Waals surface area contributed by atoms with Gasteiger partial charge in [0.15, 0.2) is 0 Å². The van der Waals surface area contributed by atoms with Crippen molar-refractivity contribution in [3.63, 3.8) is 0 Å². The standard InChI is InChI=1S/C18H18Cl2N2O2/c1-18(2)9-15(13-8-11(21)4-6-16(13)24-18)22-17(23)12-7-10(19)3-5-14(12)20/h3-8,15H,9,21H2,1-2H3,(H,22,23). The lowest BCUT2D eigenvalue weighted by atomic mass is 9.89. The van der Waals surface area contributed by atoms with Crippen LogP contribution in [0.25, 0.3) is 0 Å². The second-order valence-electron chi connectivity index (χ2n) is 6.51. The number of halogens is 2. The number of carbonyl (C=O) groups excluding carboxylic acids is 1. The summed E-state index contributed by atoms with van der Waals surface area (Å²) in [6.07, 6.45) is 0.618. The third-order valence-electron chi connectivity index (χ3n) is 3.97. The summed E-state index contributed by atoms with van der Waals surface area (Å²) in [5.41, 5.74) is 7.32. The van der Waals surface area contributed by atoms with E-state index in [1.807, 2.05) is 26.0 Å². The molecule has 1 aliphatic rings. The van der Waals surface area contributed by atoms with E-state index in [-0.39, 0.29) is 11.9 Å². The fourth-order valence-corrected chi connectivity index (χ4v) is 3.28. The van der Waals surface area contributed by atoms with Gasteiger partial charge in [0.25, 0.3) is 5.91 Å². The lowest BCUT2D eigenvalue weighted by Crippen LogP contribution is -2.41. The van der Waals surface area contributed by atoms with Crippen molar-refractivity contribution in [2.45, 2.75) is 31.9 Å². The van der Waals surface area contributed by atoms with E-state index in [9.17, 15) is 4.79 Å². The minimum absolute atomic E-state index is 0.227. The van der Waals surface area contributed by atoms with Gasteiger partial charge in [0.1, 0.15) is 11.4 Å². The molecule has 0 saturated carbocycles. The first-order chi connectivity index (χ1) is 11.2. The summed E-state index contributed by atoms with van der Waals surface area (Å²) in [6.45, 7) is 3.97. The molecule has 0 spiro atoms. The normalized spacial score (nSPS) is 18.4.